The van der Waals surface area contributed by atoms with E-state index in [0.29, 0.717) is 181 Å². The minimum atomic E-state index is -4.59. The number of aryl methyl sites for hydroxylation is 3. The molecule has 2 unspecified atom stereocenters. The van der Waals surface area contributed by atoms with Crippen LogP contribution in [0.2, 0.25) is 0 Å². The number of alkyl halides is 8. The number of rotatable bonds is 22. The number of H-pyrrole nitrogens is 3. The molecule has 32 nitrogen and oxygen atoms in total. The Hall–Kier alpha value is -11.1. The van der Waals surface area contributed by atoms with Crippen LogP contribution in [0, 0.1) is 34.3 Å². The lowest BCUT2D eigenvalue weighted by Crippen LogP contribution is -2.57. The van der Waals surface area contributed by atoms with Crippen LogP contribution >= 0.6 is 40.5 Å². The summed E-state index contributed by atoms with van der Waals surface area (Å²) in [4.78, 5) is 96.5. The summed E-state index contributed by atoms with van der Waals surface area (Å²) in [6.07, 6.45) is 5.95. The Labute approximate surface area is 822 Å². The number of piperazine rings is 3. The first-order valence-electron chi connectivity index (χ1n) is 46.1. The minimum Gasteiger partial charge on any atom is -0.462 e. The Bertz CT molecular complexity index is 6040. The van der Waals surface area contributed by atoms with Crippen LogP contribution < -0.4 is 43.6 Å². The van der Waals surface area contributed by atoms with Gasteiger partial charge in [0.2, 0.25) is 18.4 Å². The zero-order valence-electron chi connectivity index (χ0n) is 79.8. The molecule has 6 saturated heterocycles. The molecule has 6 aromatic heterocycles. The normalized spacial score (nSPS) is 21.5. The number of aliphatic hydroxyl groups excluding tert-OH is 1. The highest BCUT2D eigenvalue weighted by atomic mass is 32.1. The maximum Gasteiger partial charge on any atom is 0.418 e. The van der Waals surface area contributed by atoms with Crippen molar-refractivity contribution in [2.45, 2.75) is 154 Å². The number of aromatic amines is 3. The van der Waals surface area contributed by atoms with E-state index in [-0.39, 0.29) is 158 Å². The van der Waals surface area contributed by atoms with E-state index >= 15 is 0 Å². The number of ether oxygens (including phenoxy) is 4. The molecule has 15 heterocycles. The van der Waals surface area contributed by atoms with Crippen LogP contribution in [0.1, 0.15) is 107 Å². The summed E-state index contributed by atoms with van der Waals surface area (Å²) in [6.45, 7) is 30.7. The third-order valence-electron chi connectivity index (χ3n) is 27.6. The summed E-state index contributed by atoms with van der Waals surface area (Å²) in [7, 11) is 7.36. The molecular formula is C95H123F9N24O8S3. The molecule has 752 valence electrons. The average molecular weight is 2000 g/mol. The molecule has 0 spiro atoms. The number of benzene rings is 3. The van der Waals surface area contributed by atoms with Gasteiger partial charge in [0, 0.05) is 205 Å². The Balaban J connectivity index is 0.000000174. The first-order chi connectivity index (χ1) is 64.9. The molecule has 44 heteroatoms. The highest BCUT2D eigenvalue weighted by molar-refractivity contribution is 7.59. The Kier molecular flexibility index (Phi) is 33.3. The molecule has 0 bridgehead atoms. The van der Waals surface area contributed by atoms with E-state index in [1.807, 2.05) is 35.0 Å². The molecular weight excluding hydrogens is 1870 g/mol. The number of halogens is 9. The second kappa shape index (κ2) is 44.0. The van der Waals surface area contributed by atoms with Gasteiger partial charge >= 0.3 is 30.4 Å². The van der Waals surface area contributed by atoms with Gasteiger partial charge in [-0.25, -0.2) is 19.7 Å². The molecule has 6 atom stereocenters. The third-order valence-corrected chi connectivity index (χ3v) is 27.6. The van der Waals surface area contributed by atoms with Gasteiger partial charge in [-0.1, -0.05) is 18.7 Å². The number of nitrogens with zero attached hydrogens (tertiary/aromatic N) is 21. The number of hydrogen-bond donors (Lipinski definition) is 4. The predicted octanol–water partition coefficient (Wildman–Crippen LogP) is 11.5. The molecule has 4 N–H and O–H groups in total. The fraction of sp³-hybridized carbons (Fsp3) is 0.537. The van der Waals surface area contributed by atoms with Crippen molar-refractivity contribution in [1.29, 1.82) is 0 Å². The molecule has 0 radical (unpaired) electrons. The van der Waals surface area contributed by atoms with Crippen molar-refractivity contribution >= 4 is 125 Å². The van der Waals surface area contributed by atoms with Gasteiger partial charge in [0.15, 0.2) is 5.83 Å². The van der Waals surface area contributed by atoms with E-state index in [0.717, 1.165) is 66.1 Å². The zero-order chi connectivity index (χ0) is 96.6. The number of carbonyl (C=O) groups is 3. The molecule has 9 aromatic rings. The zero-order valence-corrected chi connectivity index (χ0v) is 82.8. The molecule has 9 aliphatic rings. The van der Waals surface area contributed by atoms with Gasteiger partial charge in [-0.2, -0.15) is 107 Å². The maximum atomic E-state index is 14.7. The highest BCUT2D eigenvalue weighted by Crippen LogP contribution is 2.49. The summed E-state index contributed by atoms with van der Waals surface area (Å²) in [5, 5.41) is 24.6. The Morgan fingerprint density at radius 2 is 0.986 bits per heavy atom. The van der Waals surface area contributed by atoms with Gasteiger partial charge in [0.25, 0.3) is 5.91 Å². The minimum absolute atomic E-state index is 0. The van der Waals surface area contributed by atoms with Crippen LogP contribution in [0.25, 0.3) is 37.6 Å². The lowest BCUT2D eigenvalue weighted by molar-refractivity contribution is -0.138. The predicted molar refractivity (Wildman–Crippen MR) is 528 cm³/mol. The second-order valence-electron chi connectivity index (χ2n) is 37.4. The van der Waals surface area contributed by atoms with Crippen molar-refractivity contribution in [3.05, 3.63) is 158 Å². The standard InChI is InChI=1S/C32H40F4N8O3.C32H39FN8O2.C31H38F4N8O3.3H2S/c1-20-14-24-23(16-37-40-24)28(27(20)32(34,35)36)44-8-7-22-25(17-44)38-30(47-18-21-15-31(2,33)19-41(21)3)39-29(22)43-11-9-42(10-12-43)26(45)6-5-13-46-4;1-20-15-27-25(8-10-35-27)29(21(20)2)39-12-9-26-28(18-39)36-32(43-19-23-7-6-11-38(23)5)37-30(26)40-13-14-41(31(42)22(3)33)24(17-40)16-34-4;1-19-13-23-22(15-36-39-23)27(26(19)31(33,34)35)43-7-6-21-24(16-43)37-29(46-17-20-14-30(2,32)18-40(20)3)38-28(21)42-10-8-41(9-11-42)25(45)5-4-12-44;;;/h5-6,14,16,21H,7-13,15,17-19H2,1-4H3,(H,37,40);8,10,15,23-24,35H,3,6-7,9,11-14,16-19H2,1-2,5H3;4-5,13,15,20,44H,6-12,14,16-18H2,1-3H3,(H,36,39);3*1H2/b6-5+;;5-4+;;;/t21-,31?;23-,24-;20-,30?;;;/m000.../s1. The average Bonchev–Trinajstić information content (AvgIpc) is 1.74. The number of amides is 3. The number of hydrogen-bond acceptors (Lipinski definition) is 25. The third kappa shape index (κ3) is 23.2. The summed E-state index contributed by atoms with van der Waals surface area (Å²) >= 11 is 0. The molecule has 6 fully saturated rings. The Morgan fingerprint density at radius 1 is 0.554 bits per heavy atom. The van der Waals surface area contributed by atoms with Crippen molar-refractivity contribution in [3.8, 4) is 18.0 Å². The first-order valence-corrected chi connectivity index (χ1v) is 46.1. The van der Waals surface area contributed by atoms with Gasteiger partial charge in [-0.3, -0.25) is 34.4 Å². The number of aromatic nitrogens is 11. The molecule has 9 aliphatic heterocycles. The van der Waals surface area contributed by atoms with E-state index in [1.54, 1.807) is 46.6 Å². The lowest BCUT2D eigenvalue weighted by Gasteiger charge is -2.41. The molecule has 3 amide bonds. The topological polar surface area (TPSA) is 302 Å². The van der Waals surface area contributed by atoms with Crippen molar-refractivity contribution in [3.63, 3.8) is 0 Å². The van der Waals surface area contributed by atoms with Crippen molar-refractivity contribution in [1.82, 2.24) is 84.7 Å². The molecule has 139 heavy (non-hydrogen) atoms. The van der Waals surface area contributed by atoms with Crippen LogP contribution in [0.5, 0.6) is 18.0 Å². The lowest BCUT2D eigenvalue weighted by atomic mass is 9.98. The van der Waals surface area contributed by atoms with Gasteiger partial charge in [0.1, 0.15) is 54.7 Å². The second-order valence-corrected chi connectivity index (χ2v) is 37.4. The van der Waals surface area contributed by atoms with Crippen LogP contribution in [0.15, 0.2) is 79.6 Å². The summed E-state index contributed by atoms with van der Waals surface area (Å²) in [6, 6.07) is 7.27. The molecule has 0 aliphatic carbocycles. The first kappa shape index (κ1) is 105. The van der Waals surface area contributed by atoms with Gasteiger partial charge in [-0.05, 0) is 148 Å². The van der Waals surface area contributed by atoms with Gasteiger partial charge in [0.05, 0.1) is 95.9 Å². The molecule has 18 rings (SSSR count). The van der Waals surface area contributed by atoms with Crippen LogP contribution in [0.3, 0.4) is 0 Å². The van der Waals surface area contributed by atoms with Crippen molar-refractivity contribution in [2.24, 2.45) is 0 Å². The fourth-order valence-corrected chi connectivity index (χ4v) is 20.7. The van der Waals surface area contributed by atoms with E-state index in [9.17, 15) is 53.9 Å². The number of fused-ring (bicyclic) bond motifs is 6. The number of aliphatic hydroxyl groups is 1. The summed E-state index contributed by atoms with van der Waals surface area (Å²) in [5.74, 6) is 0.0189. The number of likely N-dealkylation sites (tertiary alicyclic amines) is 3. The van der Waals surface area contributed by atoms with E-state index < -0.39 is 52.6 Å². The maximum absolute atomic E-state index is 14.7. The number of likely N-dealkylation sites (N-methyl/N-ethyl adjacent to an activating group) is 3. The molecule has 0 saturated carbocycles. The number of anilines is 6. The molecule has 3 aromatic carbocycles. The quantitative estimate of drug-likeness (QED) is 0.0278. The SMILES string of the molecule is COC/C=C/C(=O)N1CCN(c2nc(OC[C@@H]3CC(C)(F)CN3C)nc3c2CCN(c2c(C(F)(F)F)c(C)cc4[nH]ncc24)C3)CC1.Cc1cc2[nH]ncc2c(N2CCc3c(nc(OC[C@@H]4CC(C)(F)CN4C)nc3N3CCN(C(=O)/C=C/CO)CC3)C2)c1C(F)(F)F.S.S.S.[C-]#[N+]C[C@H]1CN(c2nc(OC[C@@H]3CCCN3C)nc3c2CCN(c2c(C)c(C)cc4[nH]ccc24)C3)CCN1C(=O)C(=C)F. The van der Waals surface area contributed by atoms with Crippen LogP contribution in [-0.4, -0.2) is 322 Å². The largest absolute Gasteiger partial charge is 0.462 e. The van der Waals surface area contributed by atoms with E-state index in [1.165, 1.54) is 83.7 Å². The number of methoxy groups -OCH3 is 1. The van der Waals surface area contributed by atoms with Crippen molar-refractivity contribution in [2.75, 3.05) is 208 Å². The van der Waals surface area contributed by atoms with Gasteiger partial charge < -0.3 is 82.9 Å². The van der Waals surface area contributed by atoms with Crippen LogP contribution in [-0.2, 0) is 70.4 Å². The monoisotopic (exact) mass is 1990 g/mol. The summed E-state index contributed by atoms with van der Waals surface area (Å²) < 4.78 is 154. The van der Waals surface area contributed by atoms with Crippen LogP contribution in [0.4, 0.5) is 74.0 Å². The summed E-state index contributed by atoms with van der Waals surface area (Å²) in [5.41, 5.74) is 6.89. The number of carbonyl (C=O) groups excluding carboxylic acids is 3. The fourth-order valence-electron chi connectivity index (χ4n) is 20.7. The number of nitrogens with one attached hydrogen (secondary N) is 3. The van der Waals surface area contributed by atoms with E-state index in [2.05, 4.69) is 89.4 Å². The van der Waals surface area contributed by atoms with E-state index in [4.69, 9.17) is 60.5 Å². The highest BCUT2D eigenvalue weighted by Gasteiger charge is 2.46. The van der Waals surface area contributed by atoms with Gasteiger partial charge in [-0.15, -0.1) is 0 Å². The van der Waals surface area contributed by atoms with Crippen molar-refractivity contribution < 1.29 is 78.0 Å². The smallest absolute Gasteiger partial charge is 0.418 e. The Morgan fingerprint density at radius 3 is 1.40 bits per heavy atom.